The average Bonchev–Trinajstić information content (AvgIpc) is 3.30. The molecular weight excluding hydrogens is 494 g/mol. The summed E-state index contributed by atoms with van der Waals surface area (Å²) in [5, 5.41) is 35.2. The number of imidazole rings is 1. The molecule has 0 fully saturated rings. The van der Waals surface area contributed by atoms with Crippen LogP contribution in [0.15, 0.2) is 17.5 Å². The number of nitrogens with zero attached hydrogens (tertiary/aromatic N) is 2. The van der Waals surface area contributed by atoms with E-state index < -0.39 is 66.4 Å². The van der Waals surface area contributed by atoms with Gasteiger partial charge in [-0.3, -0.25) is 24.2 Å². The SMILES string of the molecule is CC(O)C(NC(=O)C(N)CC(=O)O)C(=O)NC(CCCN=C(N)N)C(=O)NC(Cc1cnc[nH]1)C(=O)O. The number of nitrogens with two attached hydrogens (primary N) is 3. The van der Waals surface area contributed by atoms with E-state index in [2.05, 4.69) is 30.9 Å². The van der Waals surface area contributed by atoms with Crippen molar-refractivity contribution in [3.05, 3.63) is 18.2 Å². The number of carbonyl (C=O) groups excluding carboxylic acids is 3. The monoisotopic (exact) mass is 527 g/mol. The van der Waals surface area contributed by atoms with Gasteiger partial charge in [-0.05, 0) is 19.8 Å². The van der Waals surface area contributed by atoms with Gasteiger partial charge in [-0.1, -0.05) is 0 Å². The third-order valence-electron chi connectivity index (χ3n) is 4.97. The summed E-state index contributed by atoms with van der Waals surface area (Å²) in [6, 6.07) is -5.77. The molecule has 0 aliphatic rings. The van der Waals surface area contributed by atoms with Crippen LogP contribution in [0.3, 0.4) is 0 Å². The second kappa shape index (κ2) is 15.0. The number of carbonyl (C=O) groups is 5. The number of aromatic nitrogens is 2. The van der Waals surface area contributed by atoms with E-state index in [1.54, 1.807) is 0 Å². The molecule has 1 rings (SSSR count). The van der Waals surface area contributed by atoms with Gasteiger partial charge in [0.1, 0.15) is 18.1 Å². The van der Waals surface area contributed by atoms with Gasteiger partial charge < -0.3 is 53.5 Å². The van der Waals surface area contributed by atoms with Gasteiger partial charge in [0.25, 0.3) is 0 Å². The Hall–Kier alpha value is -4.25. The predicted octanol–water partition coefficient (Wildman–Crippen LogP) is -4.27. The fourth-order valence-corrected chi connectivity index (χ4v) is 3.07. The number of H-pyrrole nitrogens is 1. The van der Waals surface area contributed by atoms with E-state index in [-0.39, 0.29) is 31.8 Å². The zero-order valence-corrected chi connectivity index (χ0v) is 20.1. The maximum absolute atomic E-state index is 13.0. The lowest BCUT2D eigenvalue weighted by atomic mass is 10.1. The topological polar surface area (TPSA) is 301 Å². The fraction of sp³-hybridized carbons (Fsp3) is 0.550. The minimum Gasteiger partial charge on any atom is -0.481 e. The number of aliphatic hydroxyl groups excluding tert-OH is 1. The van der Waals surface area contributed by atoms with E-state index in [1.807, 2.05) is 0 Å². The Kier molecular flexibility index (Phi) is 12.5. The fourth-order valence-electron chi connectivity index (χ4n) is 3.07. The number of rotatable bonds is 16. The van der Waals surface area contributed by atoms with Gasteiger partial charge in [0.2, 0.25) is 17.7 Å². The summed E-state index contributed by atoms with van der Waals surface area (Å²) in [4.78, 5) is 70.8. The van der Waals surface area contributed by atoms with Crippen LogP contribution in [0.5, 0.6) is 0 Å². The molecule has 17 heteroatoms. The lowest BCUT2D eigenvalue weighted by Crippen LogP contribution is -2.60. The molecule has 17 nitrogen and oxygen atoms in total. The molecule has 0 bridgehead atoms. The molecule has 1 aromatic heterocycles. The lowest BCUT2D eigenvalue weighted by Gasteiger charge is -2.26. The average molecular weight is 528 g/mol. The second-order valence-corrected chi connectivity index (χ2v) is 8.12. The Morgan fingerprint density at radius 3 is 2.22 bits per heavy atom. The molecule has 206 valence electrons. The standard InChI is InChI=1S/C20H33N9O8/c1-9(30)15(29-16(33)11(21)6-14(31)32)18(35)27-12(3-2-4-25-20(22)23)17(34)28-13(19(36)37)5-10-7-24-8-26-10/h7-9,11-13,15,30H,2-6,21H2,1H3,(H,24,26)(H,27,35)(H,28,34)(H,29,33)(H,31,32)(H,36,37)(H4,22,23,25). The van der Waals surface area contributed by atoms with Gasteiger partial charge in [0, 0.05) is 24.9 Å². The normalized spacial score (nSPS) is 14.8. The number of aromatic amines is 1. The molecular formula is C20H33N9O8. The van der Waals surface area contributed by atoms with Gasteiger partial charge in [-0.15, -0.1) is 0 Å². The van der Waals surface area contributed by atoms with E-state index in [4.69, 9.17) is 22.3 Å². The van der Waals surface area contributed by atoms with Crippen molar-refractivity contribution < 1.29 is 39.3 Å². The molecule has 37 heavy (non-hydrogen) atoms. The Labute approximate surface area is 211 Å². The molecule has 0 aliphatic heterocycles. The number of hydrogen-bond donors (Lipinski definition) is 10. The molecule has 0 radical (unpaired) electrons. The van der Waals surface area contributed by atoms with Crippen molar-refractivity contribution in [3.63, 3.8) is 0 Å². The number of guanidine groups is 1. The summed E-state index contributed by atoms with van der Waals surface area (Å²) in [5.41, 5.74) is 16.5. The maximum Gasteiger partial charge on any atom is 0.326 e. The van der Waals surface area contributed by atoms with Crippen LogP contribution < -0.4 is 33.2 Å². The van der Waals surface area contributed by atoms with Crippen molar-refractivity contribution >= 4 is 35.6 Å². The molecule has 13 N–H and O–H groups in total. The number of carboxylic acid groups (broad SMARTS) is 2. The van der Waals surface area contributed by atoms with Crippen LogP contribution in [0.25, 0.3) is 0 Å². The van der Waals surface area contributed by atoms with Crippen molar-refractivity contribution in [2.45, 2.75) is 62.9 Å². The van der Waals surface area contributed by atoms with E-state index in [0.29, 0.717) is 5.69 Å². The Bertz CT molecular complexity index is 963. The highest BCUT2D eigenvalue weighted by atomic mass is 16.4. The molecule has 5 unspecified atom stereocenters. The molecule has 0 aliphatic carbocycles. The summed E-state index contributed by atoms with van der Waals surface area (Å²) in [6.07, 6.45) is 0.593. The minimum atomic E-state index is -1.60. The molecule has 1 heterocycles. The third kappa shape index (κ3) is 11.4. The second-order valence-electron chi connectivity index (χ2n) is 8.12. The summed E-state index contributed by atoms with van der Waals surface area (Å²) in [7, 11) is 0. The lowest BCUT2D eigenvalue weighted by molar-refractivity contribution is -0.142. The van der Waals surface area contributed by atoms with Crippen molar-refractivity contribution in [3.8, 4) is 0 Å². The van der Waals surface area contributed by atoms with Crippen LogP contribution in [0, 0.1) is 0 Å². The number of aliphatic carboxylic acids is 2. The van der Waals surface area contributed by atoms with Crippen LogP contribution in [-0.4, -0.2) is 97.7 Å². The molecule has 0 spiro atoms. The molecule has 0 saturated carbocycles. The van der Waals surface area contributed by atoms with Crippen molar-refractivity contribution in [2.24, 2.45) is 22.2 Å². The summed E-state index contributed by atoms with van der Waals surface area (Å²) >= 11 is 0. The number of hydrogen-bond acceptors (Lipinski definition) is 9. The molecule has 3 amide bonds. The third-order valence-corrected chi connectivity index (χ3v) is 4.97. The van der Waals surface area contributed by atoms with Crippen LogP contribution in [0.4, 0.5) is 0 Å². The highest BCUT2D eigenvalue weighted by Crippen LogP contribution is 2.05. The van der Waals surface area contributed by atoms with Crippen LogP contribution in [-0.2, 0) is 30.4 Å². The summed E-state index contributed by atoms with van der Waals surface area (Å²) < 4.78 is 0. The number of nitrogens with one attached hydrogen (secondary N) is 4. The van der Waals surface area contributed by atoms with Crippen molar-refractivity contribution in [2.75, 3.05) is 6.54 Å². The van der Waals surface area contributed by atoms with Gasteiger partial charge in [0.05, 0.1) is 24.9 Å². The zero-order valence-electron chi connectivity index (χ0n) is 20.1. The molecule has 0 saturated heterocycles. The summed E-state index contributed by atoms with van der Waals surface area (Å²) in [5.74, 6) is -5.74. The quantitative estimate of drug-likeness (QED) is 0.0555. The van der Waals surface area contributed by atoms with Gasteiger partial charge in [0.15, 0.2) is 5.96 Å². The van der Waals surface area contributed by atoms with Crippen LogP contribution in [0.2, 0.25) is 0 Å². The number of amides is 3. The van der Waals surface area contributed by atoms with Gasteiger partial charge in [-0.25, -0.2) is 9.78 Å². The zero-order chi connectivity index (χ0) is 28.1. The number of aliphatic hydroxyl groups is 1. The first kappa shape index (κ1) is 30.8. The van der Waals surface area contributed by atoms with Gasteiger partial charge >= 0.3 is 11.9 Å². The Morgan fingerprint density at radius 2 is 1.70 bits per heavy atom. The largest absolute Gasteiger partial charge is 0.481 e. The van der Waals surface area contributed by atoms with Gasteiger partial charge in [-0.2, -0.15) is 0 Å². The smallest absolute Gasteiger partial charge is 0.326 e. The number of carboxylic acids is 2. The minimum absolute atomic E-state index is 0.0379. The Balaban J connectivity index is 3.01. The first-order valence-electron chi connectivity index (χ1n) is 11.1. The highest BCUT2D eigenvalue weighted by molar-refractivity contribution is 5.95. The van der Waals surface area contributed by atoms with E-state index in [0.717, 1.165) is 0 Å². The van der Waals surface area contributed by atoms with Crippen molar-refractivity contribution in [1.29, 1.82) is 0 Å². The molecule has 1 aromatic rings. The summed E-state index contributed by atoms with van der Waals surface area (Å²) in [6.45, 7) is 1.28. The molecule has 5 atom stereocenters. The first-order valence-corrected chi connectivity index (χ1v) is 11.1. The predicted molar refractivity (Wildman–Crippen MR) is 128 cm³/mol. The maximum atomic E-state index is 13.0. The van der Waals surface area contributed by atoms with Crippen LogP contribution in [0.1, 0.15) is 31.9 Å². The van der Waals surface area contributed by atoms with Crippen molar-refractivity contribution in [1.82, 2.24) is 25.9 Å². The Morgan fingerprint density at radius 1 is 1.05 bits per heavy atom. The van der Waals surface area contributed by atoms with E-state index >= 15 is 0 Å². The first-order chi connectivity index (χ1) is 17.3. The van der Waals surface area contributed by atoms with E-state index in [9.17, 15) is 34.2 Å². The highest BCUT2D eigenvalue weighted by Gasteiger charge is 2.32. The van der Waals surface area contributed by atoms with Crippen LogP contribution >= 0.6 is 0 Å². The molecule has 0 aromatic carbocycles. The van der Waals surface area contributed by atoms with E-state index in [1.165, 1.54) is 19.4 Å². The number of aliphatic imine (C=N–C) groups is 1.